The molecule has 0 spiro atoms. The highest BCUT2D eigenvalue weighted by atomic mass is 16.1. The zero-order valence-corrected chi connectivity index (χ0v) is 11.3. The van der Waals surface area contributed by atoms with E-state index in [2.05, 4.69) is 29.4 Å². The molecule has 0 saturated heterocycles. The number of hydrogen-bond acceptors (Lipinski definition) is 1. The van der Waals surface area contributed by atoms with Crippen molar-refractivity contribution < 1.29 is 4.79 Å². The normalized spacial score (nSPS) is 22.2. The standard InChI is InChI=1S/C16H20N2O/c1-11-8-13(9-11)18-16(19)7-6-12-10-17-15-5-3-2-4-14(12)15/h2-5,10-11,13,17H,6-9H2,1H3,(H,18,19). The third-order valence-electron chi connectivity index (χ3n) is 4.04. The lowest BCUT2D eigenvalue weighted by atomic mass is 9.82. The van der Waals surface area contributed by atoms with Gasteiger partial charge in [0.05, 0.1) is 0 Å². The van der Waals surface area contributed by atoms with Crippen molar-refractivity contribution in [3.8, 4) is 0 Å². The van der Waals surface area contributed by atoms with Gasteiger partial charge in [0, 0.05) is 29.6 Å². The minimum atomic E-state index is 0.183. The molecule has 0 bridgehead atoms. The maximum atomic E-state index is 11.9. The van der Waals surface area contributed by atoms with Gasteiger partial charge >= 0.3 is 0 Å². The minimum Gasteiger partial charge on any atom is -0.361 e. The Bertz CT molecular complexity index is 581. The molecule has 2 N–H and O–H groups in total. The minimum absolute atomic E-state index is 0.183. The lowest BCUT2D eigenvalue weighted by Gasteiger charge is -2.33. The van der Waals surface area contributed by atoms with Crippen LogP contribution in [0, 0.1) is 5.92 Å². The van der Waals surface area contributed by atoms with Crippen LogP contribution >= 0.6 is 0 Å². The van der Waals surface area contributed by atoms with Gasteiger partial charge < -0.3 is 10.3 Å². The Labute approximate surface area is 113 Å². The molecule has 0 atom stereocenters. The number of aromatic nitrogens is 1. The summed E-state index contributed by atoms with van der Waals surface area (Å²) in [6.45, 7) is 2.23. The van der Waals surface area contributed by atoms with Gasteiger partial charge in [0.25, 0.3) is 0 Å². The summed E-state index contributed by atoms with van der Waals surface area (Å²) in [5.74, 6) is 0.959. The molecule has 1 amide bonds. The van der Waals surface area contributed by atoms with Gasteiger partial charge in [-0.2, -0.15) is 0 Å². The van der Waals surface area contributed by atoms with Crippen LogP contribution in [0.5, 0.6) is 0 Å². The lowest BCUT2D eigenvalue weighted by Crippen LogP contribution is -2.43. The second-order valence-corrected chi connectivity index (χ2v) is 5.70. The Morgan fingerprint density at radius 3 is 2.95 bits per heavy atom. The lowest BCUT2D eigenvalue weighted by molar-refractivity contribution is -0.122. The van der Waals surface area contributed by atoms with E-state index in [1.165, 1.54) is 10.9 Å². The van der Waals surface area contributed by atoms with Crippen LogP contribution < -0.4 is 5.32 Å². The molecule has 3 rings (SSSR count). The van der Waals surface area contributed by atoms with Gasteiger partial charge in [-0.15, -0.1) is 0 Å². The van der Waals surface area contributed by atoms with Crippen molar-refractivity contribution in [2.24, 2.45) is 5.92 Å². The molecule has 0 radical (unpaired) electrons. The van der Waals surface area contributed by atoms with Crippen LogP contribution in [0.15, 0.2) is 30.5 Å². The molecule has 2 aromatic rings. The quantitative estimate of drug-likeness (QED) is 0.867. The first-order valence-electron chi connectivity index (χ1n) is 7.06. The number of rotatable bonds is 4. The van der Waals surface area contributed by atoms with E-state index in [1.54, 1.807) is 0 Å². The van der Waals surface area contributed by atoms with Gasteiger partial charge in [-0.25, -0.2) is 0 Å². The number of carbonyl (C=O) groups is 1. The highest BCUT2D eigenvalue weighted by Gasteiger charge is 2.26. The van der Waals surface area contributed by atoms with Gasteiger partial charge in [-0.05, 0) is 36.8 Å². The van der Waals surface area contributed by atoms with E-state index in [0.29, 0.717) is 12.5 Å². The highest BCUT2D eigenvalue weighted by molar-refractivity contribution is 5.84. The molecule has 19 heavy (non-hydrogen) atoms. The van der Waals surface area contributed by atoms with Crippen LogP contribution in [0.25, 0.3) is 10.9 Å². The first kappa shape index (κ1) is 12.3. The Morgan fingerprint density at radius 2 is 2.16 bits per heavy atom. The number of aryl methyl sites for hydroxylation is 1. The Balaban J connectivity index is 1.55. The van der Waals surface area contributed by atoms with Crippen LogP contribution in [-0.4, -0.2) is 16.9 Å². The largest absolute Gasteiger partial charge is 0.361 e. The number of fused-ring (bicyclic) bond motifs is 1. The van der Waals surface area contributed by atoms with E-state index >= 15 is 0 Å². The molecule has 0 aliphatic heterocycles. The Hall–Kier alpha value is -1.77. The summed E-state index contributed by atoms with van der Waals surface area (Å²) in [7, 11) is 0. The van der Waals surface area contributed by atoms with Crippen molar-refractivity contribution >= 4 is 16.8 Å². The SMILES string of the molecule is CC1CC(NC(=O)CCc2c[nH]c3ccccc23)C1. The summed E-state index contributed by atoms with van der Waals surface area (Å²) in [4.78, 5) is 15.1. The van der Waals surface area contributed by atoms with Crippen molar-refractivity contribution in [2.75, 3.05) is 0 Å². The van der Waals surface area contributed by atoms with Crippen LogP contribution in [0.4, 0.5) is 0 Å². The molecule has 1 aromatic heterocycles. The number of nitrogens with one attached hydrogen (secondary N) is 2. The van der Waals surface area contributed by atoms with Gasteiger partial charge in [0.2, 0.25) is 5.91 Å². The van der Waals surface area contributed by atoms with E-state index in [0.717, 1.165) is 30.7 Å². The molecule has 1 aliphatic rings. The topological polar surface area (TPSA) is 44.9 Å². The molecule has 1 heterocycles. The molecular weight excluding hydrogens is 236 g/mol. The molecule has 1 aromatic carbocycles. The summed E-state index contributed by atoms with van der Waals surface area (Å²) < 4.78 is 0. The zero-order chi connectivity index (χ0) is 13.2. The van der Waals surface area contributed by atoms with Gasteiger partial charge in [0.1, 0.15) is 0 Å². The van der Waals surface area contributed by atoms with E-state index in [1.807, 2.05) is 18.3 Å². The van der Waals surface area contributed by atoms with Crippen LogP contribution in [0.3, 0.4) is 0 Å². The molecule has 3 heteroatoms. The van der Waals surface area contributed by atoms with Gasteiger partial charge in [-0.1, -0.05) is 25.1 Å². The van der Waals surface area contributed by atoms with Gasteiger partial charge in [0.15, 0.2) is 0 Å². The molecule has 1 aliphatic carbocycles. The summed E-state index contributed by atoms with van der Waals surface area (Å²) in [6.07, 6.45) is 5.67. The summed E-state index contributed by atoms with van der Waals surface area (Å²) in [5, 5.41) is 4.34. The smallest absolute Gasteiger partial charge is 0.220 e. The number of aromatic amines is 1. The summed E-state index contributed by atoms with van der Waals surface area (Å²) >= 11 is 0. The van der Waals surface area contributed by atoms with Crippen LogP contribution in [-0.2, 0) is 11.2 Å². The first-order valence-corrected chi connectivity index (χ1v) is 7.06. The Kier molecular flexibility index (Phi) is 3.28. The van der Waals surface area contributed by atoms with Crippen molar-refractivity contribution in [1.82, 2.24) is 10.3 Å². The van der Waals surface area contributed by atoms with E-state index in [-0.39, 0.29) is 5.91 Å². The number of hydrogen-bond donors (Lipinski definition) is 2. The fourth-order valence-electron chi connectivity index (χ4n) is 2.91. The molecule has 0 unspecified atom stereocenters. The second kappa shape index (κ2) is 5.08. The third kappa shape index (κ3) is 2.65. The number of benzene rings is 1. The number of carbonyl (C=O) groups excluding carboxylic acids is 1. The number of H-pyrrole nitrogens is 1. The fraction of sp³-hybridized carbons (Fsp3) is 0.438. The molecule has 1 saturated carbocycles. The molecule has 3 nitrogen and oxygen atoms in total. The Morgan fingerprint density at radius 1 is 1.37 bits per heavy atom. The predicted octanol–water partition coefficient (Wildman–Crippen LogP) is 3.02. The third-order valence-corrected chi connectivity index (χ3v) is 4.04. The maximum absolute atomic E-state index is 11.9. The summed E-state index contributed by atoms with van der Waals surface area (Å²) in [5.41, 5.74) is 2.37. The predicted molar refractivity (Wildman–Crippen MR) is 76.9 cm³/mol. The molecular formula is C16H20N2O. The maximum Gasteiger partial charge on any atom is 0.220 e. The number of para-hydroxylation sites is 1. The van der Waals surface area contributed by atoms with Crippen molar-refractivity contribution in [2.45, 2.75) is 38.6 Å². The van der Waals surface area contributed by atoms with Gasteiger partial charge in [-0.3, -0.25) is 4.79 Å². The van der Waals surface area contributed by atoms with E-state index < -0.39 is 0 Å². The average Bonchev–Trinajstić information content (AvgIpc) is 2.78. The van der Waals surface area contributed by atoms with Crippen molar-refractivity contribution in [1.29, 1.82) is 0 Å². The fourth-order valence-corrected chi connectivity index (χ4v) is 2.91. The number of amides is 1. The van der Waals surface area contributed by atoms with Crippen LogP contribution in [0.1, 0.15) is 31.7 Å². The average molecular weight is 256 g/mol. The second-order valence-electron chi connectivity index (χ2n) is 5.70. The van der Waals surface area contributed by atoms with Crippen molar-refractivity contribution in [3.05, 3.63) is 36.0 Å². The molecule has 1 fully saturated rings. The van der Waals surface area contributed by atoms with E-state index in [4.69, 9.17) is 0 Å². The zero-order valence-electron chi connectivity index (χ0n) is 11.3. The first-order chi connectivity index (χ1) is 9.22. The van der Waals surface area contributed by atoms with Crippen molar-refractivity contribution in [3.63, 3.8) is 0 Å². The van der Waals surface area contributed by atoms with E-state index in [9.17, 15) is 4.79 Å². The summed E-state index contributed by atoms with van der Waals surface area (Å²) in [6, 6.07) is 8.65. The molecule has 100 valence electrons. The van der Waals surface area contributed by atoms with Crippen LogP contribution in [0.2, 0.25) is 0 Å². The highest BCUT2D eigenvalue weighted by Crippen LogP contribution is 2.26. The monoisotopic (exact) mass is 256 g/mol.